The van der Waals surface area contributed by atoms with E-state index in [4.69, 9.17) is 10.2 Å². The monoisotopic (exact) mass is 444 g/mol. The molecular weight excluding hydrogens is 408 g/mol. The Bertz CT molecular complexity index is 818. The molecular formula is C24H36N4O4+2. The number of hydrogen-bond acceptors (Lipinski definition) is 4. The quantitative estimate of drug-likeness (QED) is 0.305. The molecule has 174 valence electrons. The first-order chi connectivity index (χ1) is 15.1. The summed E-state index contributed by atoms with van der Waals surface area (Å²) < 4.78 is 0.996. The molecule has 2 rings (SSSR count). The lowest BCUT2D eigenvalue weighted by atomic mass is 10.0. The third kappa shape index (κ3) is 7.72. The van der Waals surface area contributed by atoms with E-state index in [-0.39, 0.29) is 25.0 Å². The van der Waals surface area contributed by atoms with Crippen molar-refractivity contribution >= 4 is 11.8 Å². The molecule has 0 aliphatic rings. The largest absolute Gasteiger partial charge is 0.391 e. The van der Waals surface area contributed by atoms with Crippen LogP contribution in [0.5, 0.6) is 0 Å². The second-order valence-electron chi connectivity index (χ2n) is 9.25. The summed E-state index contributed by atoms with van der Waals surface area (Å²) in [5.41, 5.74) is 3.03. The number of hydrogen-bond donors (Lipinski definition) is 4. The standard InChI is InChI=1S/C24H34N4O4/c1-27(2,13-15-29)17-25-23(31)21-9-5-19(6-10-21)20-7-11-22(12-8-20)24(32)26-18-28(3,4)14-16-30/h5-12,29-30H,13-18H2,1-4H3/p+2. The van der Waals surface area contributed by atoms with Gasteiger partial charge in [-0.1, -0.05) is 24.3 Å². The van der Waals surface area contributed by atoms with E-state index in [9.17, 15) is 9.59 Å². The van der Waals surface area contributed by atoms with Gasteiger partial charge < -0.3 is 29.8 Å². The smallest absolute Gasteiger partial charge is 0.255 e. The lowest BCUT2D eigenvalue weighted by Crippen LogP contribution is -2.49. The second-order valence-corrected chi connectivity index (χ2v) is 9.25. The molecule has 0 fully saturated rings. The van der Waals surface area contributed by atoms with Crippen LogP contribution in [0.25, 0.3) is 11.1 Å². The van der Waals surface area contributed by atoms with Gasteiger partial charge in [-0.2, -0.15) is 0 Å². The minimum absolute atomic E-state index is 0.0684. The van der Waals surface area contributed by atoms with Crippen LogP contribution in [0, 0.1) is 0 Å². The molecule has 0 spiro atoms. The normalized spacial score (nSPS) is 11.8. The Balaban J connectivity index is 1.97. The van der Waals surface area contributed by atoms with Crippen LogP contribution in [0.3, 0.4) is 0 Å². The molecule has 0 saturated carbocycles. The number of likely N-dealkylation sites (N-methyl/N-ethyl adjacent to an activating group) is 2. The van der Waals surface area contributed by atoms with Gasteiger partial charge in [0.05, 0.1) is 41.4 Å². The van der Waals surface area contributed by atoms with Crippen LogP contribution in [0.1, 0.15) is 20.7 Å². The Morgan fingerprint density at radius 3 is 1.25 bits per heavy atom. The minimum atomic E-state index is -0.157. The Labute approximate surface area is 190 Å². The van der Waals surface area contributed by atoms with Crippen molar-refractivity contribution in [1.82, 2.24) is 10.6 Å². The predicted octanol–water partition coefficient (Wildman–Crippen LogP) is 0.866. The summed E-state index contributed by atoms with van der Waals surface area (Å²) in [5.74, 6) is -0.314. The Kier molecular flexibility index (Phi) is 8.91. The molecule has 2 amide bonds. The first-order valence-electron chi connectivity index (χ1n) is 10.7. The number of benzene rings is 2. The van der Waals surface area contributed by atoms with Gasteiger partial charge in [0.25, 0.3) is 11.8 Å². The average molecular weight is 445 g/mol. The van der Waals surface area contributed by atoms with E-state index in [1.165, 1.54) is 0 Å². The molecule has 0 bridgehead atoms. The van der Waals surface area contributed by atoms with Gasteiger partial charge in [0.1, 0.15) is 13.1 Å². The molecule has 0 aromatic heterocycles. The van der Waals surface area contributed by atoms with E-state index in [0.717, 1.165) is 11.1 Å². The van der Waals surface area contributed by atoms with Gasteiger partial charge in [0.15, 0.2) is 13.3 Å². The molecule has 32 heavy (non-hydrogen) atoms. The molecule has 0 radical (unpaired) electrons. The van der Waals surface area contributed by atoms with Crippen molar-refractivity contribution in [3.8, 4) is 11.1 Å². The number of amides is 2. The van der Waals surface area contributed by atoms with E-state index in [2.05, 4.69) is 10.6 Å². The molecule has 2 aromatic carbocycles. The summed E-state index contributed by atoms with van der Waals surface area (Å²) in [6, 6.07) is 14.6. The molecule has 0 unspecified atom stereocenters. The maximum absolute atomic E-state index is 12.4. The highest BCUT2D eigenvalue weighted by molar-refractivity contribution is 5.95. The zero-order chi connectivity index (χ0) is 23.8. The van der Waals surface area contributed by atoms with Gasteiger partial charge >= 0.3 is 0 Å². The number of aliphatic hydroxyl groups excluding tert-OH is 2. The topological polar surface area (TPSA) is 98.7 Å². The van der Waals surface area contributed by atoms with Gasteiger partial charge in [-0.05, 0) is 35.4 Å². The van der Waals surface area contributed by atoms with Crippen LogP contribution < -0.4 is 10.6 Å². The third-order valence-electron chi connectivity index (χ3n) is 5.37. The highest BCUT2D eigenvalue weighted by atomic mass is 16.3. The van der Waals surface area contributed by atoms with Crippen molar-refractivity contribution in [2.24, 2.45) is 0 Å². The fourth-order valence-corrected chi connectivity index (χ4v) is 3.10. The van der Waals surface area contributed by atoms with Crippen LogP contribution >= 0.6 is 0 Å². The SMILES string of the molecule is C[N+](C)(CCO)CNC(=O)c1ccc(-c2ccc(C(=O)NC[N+](C)(C)CCO)cc2)cc1. The first-order valence-corrected chi connectivity index (χ1v) is 10.7. The van der Waals surface area contributed by atoms with Gasteiger partial charge in [0.2, 0.25) is 0 Å². The maximum Gasteiger partial charge on any atom is 0.255 e. The number of nitrogens with zero attached hydrogens (tertiary/aromatic N) is 2. The van der Waals surface area contributed by atoms with Gasteiger partial charge in [0, 0.05) is 11.1 Å². The number of quaternary nitrogens is 2. The zero-order valence-corrected chi connectivity index (χ0v) is 19.5. The van der Waals surface area contributed by atoms with Gasteiger partial charge in [-0.25, -0.2) is 0 Å². The van der Waals surface area contributed by atoms with Crippen molar-refractivity contribution in [2.75, 3.05) is 67.8 Å². The van der Waals surface area contributed by atoms with Crippen molar-refractivity contribution in [1.29, 1.82) is 0 Å². The fourth-order valence-electron chi connectivity index (χ4n) is 3.10. The summed E-state index contributed by atoms with van der Waals surface area (Å²) >= 11 is 0. The molecule has 8 heteroatoms. The zero-order valence-electron chi connectivity index (χ0n) is 19.5. The van der Waals surface area contributed by atoms with Crippen LogP contribution in [0.4, 0.5) is 0 Å². The number of nitrogens with one attached hydrogen (secondary N) is 2. The van der Waals surface area contributed by atoms with Crippen molar-refractivity contribution < 1.29 is 28.8 Å². The first kappa shape index (κ1) is 25.5. The van der Waals surface area contributed by atoms with Gasteiger partial charge in [-0.15, -0.1) is 0 Å². The van der Waals surface area contributed by atoms with Crippen LogP contribution in [0.2, 0.25) is 0 Å². The fraction of sp³-hybridized carbons (Fsp3) is 0.417. The minimum Gasteiger partial charge on any atom is -0.391 e. The van der Waals surface area contributed by atoms with E-state index in [0.29, 0.717) is 46.5 Å². The highest BCUT2D eigenvalue weighted by Crippen LogP contribution is 2.20. The Morgan fingerprint density at radius 1 is 0.656 bits per heavy atom. The molecule has 0 saturated heterocycles. The molecule has 8 nitrogen and oxygen atoms in total. The highest BCUT2D eigenvalue weighted by Gasteiger charge is 2.17. The Morgan fingerprint density at radius 2 is 0.969 bits per heavy atom. The molecule has 0 heterocycles. The number of rotatable bonds is 11. The molecule has 0 aliphatic heterocycles. The summed E-state index contributed by atoms with van der Waals surface area (Å²) in [4.78, 5) is 24.8. The van der Waals surface area contributed by atoms with Crippen LogP contribution in [-0.4, -0.2) is 98.8 Å². The van der Waals surface area contributed by atoms with Gasteiger partial charge in [-0.3, -0.25) is 9.59 Å². The third-order valence-corrected chi connectivity index (χ3v) is 5.37. The van der Waals surface area contributed by atoms with Crippen LogP contribution in [-0.2, 0) is 0 Å². The number of carbonyl (C=O) groups is 2. The lowest BCUT2D eigenvalue weighted by molar-refractivity contribution is -0.892. The summed E-state index contributed by atoms with van der Waals surface area (Å²) in [5, 5.41) is 24.0. The number of aliphatic hydroxyl groups is 2. The van der Waals surface area contributed by atoms with E-state index in [1.807, 2.05) is 52.5 Å². The number of carbonyl (C=O) groups excluding carboxylic acids is 2. The Hall–Kier alpha value is -2.78. The molecule has 4 N–H and O–H groups in total. The molecule has 0 atom stereocenters. The van der Waals surface area contributed by atoms with Crippen molar-refractivity contribution in [3.63, 3.8) is 0 Å². The summed E-state index contributed by atoms with van der Waals surface area (Å²) in [7, 11) is 7.77. The van der Waals surface area contributed by atoms with E-state index < -0.39 is 0 Å². The average Bonchev–Trinajstić information content (AvgIpc) is 2.76. The molecule has 2 aromatic rings. The van der Waals surface area contributed by atoms with E-state index >= 15 is 0 Å². The second kappa shape index (κ2) is 11.2. The summed E-state index contributed by atoms with van der Waals surface area (Å²) in [6.45, 7) is 2.12. The van der Waals surface area contributed by atoms with Crippen LogP contribution in [0.15, 0.2) is 48.5 Å². The van der Waals surface area contributed by atoms with Crippen molar-refractivity contribution in [3.05, 3.63) is 59.7 Å². The van der Waals surface area contributed by atoms with E-state index in [1.54, 1.807) is 24.3 Å². The maximum atomic E-state index is 12.4. The molecule has 0 aliphatic carbocycles. The predicted molar refractivity (Wildman–Crippen MR) is 125 cm³/mol. The lowest BCUT2D eigenvalue weighted by Gasteiger charge is -2.28. The van der Waals surface area contributed by atoms with Crippen molar-refractivity contribution in [2.45, 2.75) is 0 Å². The summed E-state index contributed by atoms with van der Waals surface area (Å²) in [6.07, 6.45) is 0.